The number of carbonyl (C=O) groups is 1. The molecule has 0 aromatic rings. The van der Waals surface area contributed by atoms with Gasteiger partial charge in [0.1, 0.15) is 0 Å². The average Bonchev–Trinajstić information content (AvgIpc) is 2.65. The molecule has 0 spiro atoms. The Morgan fingerprint density at radius 2 is 1.07 bits per heavy atom. The summed E-state index contributed by atoms with van der Waals surface area (Å²) in [5.74, 6) is 0.990. The molecule has 1 unspecified atom stereocenters. The van der Waals surface area contributed by atoms with Crippen LogP contribution in [0.15, 0.2) is 0 Å². The van der Waals surface area contributed by atoms with Crippen LogP contribution in [0.2, 0.25) is 0 Å². The Morgan fingerprint density at radius 3 is 1.63 bits per heavy atom. The summed E-state index contributed by atoms with van der Waals surface area (Å²) >= 11 is 0. The number of unbranched alkanes of at least 4 members (excludes halogenated alkanes) is 11. The van der Waals surface area contributed by atoms with E-state index in [1.807, 2.05) is 0 Å². The minimum Gasteiger partial charge on any atom is -0.465 e. The minimum atomic E-state index is 0.0824. The van der Waals surface area contributed by atoms with Crippen molar-refractivity contribution in [3.05, 3.63) is 0 Å². The largest absolute Gasteiger partial charge is 0.465 e. The fourth-order valence-corrected chi connectivity index (χ4v) is 3.67. The molecule has 0 aromatic carbocycles. The van der Waals surface area contributed by atoms with E-state index in [0.717, 1.165) is 25.2 Å². The Hall–Kier alpha value is -0.530. The highest BCUT2D eigenvalue weighted by Crippen LogP contribution is 2.21. The van der Waals surface area contributed by atoms with Crippen LogP contribution in [0.4, 0.5) is 0 Å². The molecular formula is C25H50O2. The van der Waals surface area contributed by atoms with Gasteiger partial charge in [-0.2, -0.15) is 0 Å². The standard InChI is InChI=1S/C25H50O2/c1-5-7-9-11-12-13-14-18-22-27-25(26)24(20-15-10-8-6-2)21-17-16-19-23(3)4/h23-24H,5-22H2,1-4H3. The Morgan fingerprint density at radius 1 is 0.630 bits per heavy atom. The molecule has 0 saturated carbocycles. The molecule has 0 aliphatic heterocycles. The fraction of sp³-hybridized carbons (Fsp3) is 0.960. The van der Waals surface area contributed by atoms with Crippen molar-refractivity contribution < 1.29 is 9.53 Å². The Kier molecular flexibility index (Phi) is 19.8. The van der Waals surface area contributed by atoms with Gasteiger partial charge in [-0.15, -0.1) is 0 Å². The van der Waals surface area contributed by atoms with E-state index in [2.05, 4.69) is 27.7 Å². The molecule has 0 aliphatic carbocycles. The van der Waals surface area contributed by atoms with Crippen molar-refractivity contribution >= 4 is 5.97 Å². The molecule has 162 valence electrons. The molecule has 0 N–H and O–H groups in total. The van der Waals surface area contributed by atoms with Gasteiger partial charge in [0.15, 0.2) is 0 Å². The predicted molar refractivity (Wildman–Crippen MR) is 119 cm³/mol. The maximum atomic E-state index is 12.5. The fourth-order valence-electron chi connectivity index (χ4n) is 3.67. The smallest absolute Gasteiger partial charge is 0.308 e. The van der Waals surface area contributed by atoms with Gasteiger partial charge in [0.05, 0.1) is 12.5 Å². The van der Waals surface area contributed by atoms with E-state index in [-0.39, 0.29) is 11.9 Å². The second-order valence-corrected chi connectivity index (χ2v) is 8.87. The Balaban J connectivity index is 3.91. The van der Waals surface area contributed by atoms with Crippen LogP contribution >= 0.6 is 0 Å². The van der Waals surface area contributed by atoms with Crippen molar-refractivity contribution in [2.75, 3.05) is 6.61 Å². The van der Waals surface area contributed by atoms with E-state index in [1.165, 1.54) is 89.9 Å². The first-order valence-corrected chi connectivity index (χ1v) is 12.3. The van der Waals surface area contributed by atoms with E-state index in [9.17, 15) is 4.79 Å². The number of esters is 1. The minimum absolute atomic E-state index is 0.0824. The van der Waals surface area contributed by atoms with E-state index in [1.54, 1.807) is 0 Å². The van der Waals surface area contributed by atoms with Crippen LogP contribution in [0.25, 0.3) is 0 Å². The van der Waals surface area contributed by atoms with Gasteiger partial charge in [0.2, 0.25) is 0 Å². The molecule has 0 rings (SSSR count). The average molecular weight is 383 g/mol. The van der Waals surface area contributed by atoms with Crippen LogP contribution in [-0.2, 0) is 9.53 Å². The highest BCUT2D eigenvalue weighted by molar-refractivity contribution is 5.72. The summed E-state index contributed by atoms with van der Waals surface area (Å²) in [5, 5.41) is 0. The van der Waals surface area contributed by atoms with Gasteiger partial charge in [0, 0.05) is 0 Å². The molecular weight excluding hydrogens is 332 g/mol. The van der Waals surface area contributed by atoms with E-state index in [4.69, 9.17) is 4.74 Å². The Bertz CT molecular complexity index is 311. The van der Waals surface area contributed by atoms with Crippen LogP contribution in [-0.4, -0.2) is 12.6 Å². The van der Waals surface area contributed by atoms with Crippen molar-refractivity contribution in [1.82, 2.24) is 0 Å². The van der Waals surface area contributed by atoms with Crippen LogP contribution in [0.5, 0.6) is 0 Å². The van der Waals surface area contributed by atoms with Gasteiger partial charge in [0.25, 0.3) is 0 Å². The molecule has 0 aromatic heterocycles. The number of hydrogen-bond donors (Lipinski definition) is 0. The van der Waals surface area contributed by atoms with Crippen molar-refractivity contribution in [2.45, 2.75) is 137 Å². The van der Waals surface area contributed by atoms with Crippen molar-refractivity contribution in [3.8, 4) is 0 Å². The lowest BCUT2D eigenvalue weighted by molar-refractivity contribution is -0.149. The van der Waals surface area contributed by atoms with Crippen molar-refractivity contribution in [3.63, 3.8) is 0 Å². The normalized spacial score (nSPS) is 12.5. The third kappa shape index (κ3) is 18.6. The third-order valence-electron chi connectivity index (χ3n) is 5.57. The maximum Gasteiger partial charge on any atom is 0.308 e. The maximum absolute atomic E-state index is 12.5. The number of rotatable bonds is 20. The first-order chi connectivity index (χ1) is 13.1. The molecule has 0 saturated heterocycles. The summed E-state index contributed by atoms with van der Waals surface area (Å²) in [6.45, 7) is 9.68. The summed E-state index contributed by atoms with van der Waals surface area (Å²) < 4.78 is 5.65. The lowest BCUT2D eigenvalue weighted by atomic mass is 9.93. The highest BCUT2D eigenvalue weighted by Gasteiger charge is 2.19. The summed E-state index contributed by atoms with van der Waals surface area (Å²) in [7, 11) is 0. The number of hydrogen-bond acceptors (Lipinski definition) is 2. The molecule has 0 amide bonds. The molecule has 2 heteroatoms. The second-order valence-electron chi connectivity index (χ2n) is 8.87. The van der Waals surface area contributed by atoms with Crippen LogP contribution < -0.4 is 0 Å². The first kappa shape index (κ1) is 26.5. The molecule has 0 aliphatic rings. The molecule has 27 heavy (non-hydrogen) atoms. The highest BCUT2D eigenvalue weighted by atomic mass is 16.5. The van der Waals surface area contributed by atoms with Gasteiger partial charge in [-0.05, 0) is 25.2 Å². The third-order valence-corrected chi connectivity index (χ3v) is 5.57. The zero-order valence-electron chi connectivity index (χ0n) is 19.2. The summed E-state index contributed by atoms with van der Waals surface area (Å²) in [4.78, 5) is 12.5. The quantitative estimate of drug-likeness (QED) is 0.156. The van der Waals surface area contributed by atoms with Gasteiger partial charge >= 0.3 is 5.97 Å². The van der Waals surface area contributed by atoms with Crippen molar-refractivity contribution in [2.24, 2.45) is 11.8 Å². The number of ether oxygens (including phenoxy) is 1. The SMILES string of the molecule is CCCCCCCCCCOC(=O)C(CCCCCC)CCCCC(C)C. The first-order valence-electron chi connectivity index (χ1n) is 12.3. The topological polar surface area (TPSA) is 26.3 Å². The van der Waals surface area contributed by atoms with Gasteiger partial charge in [-0.1, -0.05) is 118 Å². The van der Waals surface area contributed by atoms with Crippen molar-refractivity contribution in [1.29, 1.82) is 0 Å². The summed E-state index contributed by atoms with van der Waals surface area (Å²) in [6, 6.07) is 0. The van der Waals surface area contributed by atoms with Gasteiger partial charge in [-0.3, -0.25) is 4.79 Å². The van der Waals surface area contributed by atoms with E-state index >= 15 is 0 Å². The van der Waals surface area contributed by atoms with E-state index < -0.39 is 0 Å². The molecule has 0 radical (unpaired) electrons. The lowest BCUT2D eigenvalue weighted by Crippen LogP contribution is -2.18. The predicted octanol–water partition coefficient (Wildman–Crippen LogP) is 8.47. The molecule has 0 fully saturated rings. The molecule has 2 nitrogen and oxygen atoms in total. The monoisotopic (exact) mass is 382 g/mol. The molecule has 0 bridgehead atoms. The van der Waals surface area contributed by atoms with E-state index in [0.29, 0.717) is 6.61 Å². The molecule has 1 atom stereocenters. The molecule has 0 heterocycles. The Labute approximate surface area is 171 Å². The van der Waals surface area contributed by atoms with Crippen LogP contribution in [0, 0.1) is 11.8 Å². The van der Waals surface area contributed by atoms with Gasteiger partial charge in [-0.25, -0.2) is 0 Å². The van der Waals surface area contributed by atoms with Gasteiger partial charge < -0.3 is 4.74 Å². The van der Waals surface area contributed by atoms with Crippen LogP contribution in [0.1, 0.15) is 137 Å². The lowest BCUT2D eigenvalue weighted by Gasteiger charge is -2.16. The summed E-state index contributed by atoms with van der Waals surface area (Å²) in [6.07, 6.45) is 21.0. The number of carbonyl (C=O) groups excluding carboxylic acids is 1. The zero-order chi connectivity index (χ0) is 20.2. The zero-order valence-corrected chi connectivity index (χ0v) is 19.2. The second kappa shape index (κ2) is 20.2. The summed E-state index contributed by atoms with van der Waals surface area (Å²) in [5.41, 5.74) is 0. The van der Waals surface area contributed by atoms with Crippen LogP contribution in [0.3, 0.4) is 0 Å².